The Kier molecular flexibility index (Phi) is 3.39. The standard InChI is InChI=1S/C10H8N2O2/c1-14-10(13)9(6-11)5-8-3-2-4-12-7-8/h2-5,7H,1H3. The van der Waals surface area contributed by atoms with Gasteiger partial charge in [0.25, 0.3) is 0 Å². The topological polar surface area (TPSA) is 63.0 Å². The van der Waals surface area contributed by atoms with Crippen molar-refractivity contribution in [3.8, 4) is 6.07 Å². The minimum Gasteiger partial charge on any atom is -0.465 e. The third-order valence-corrected chi connectivity index (χ3v) is 1.52. The predicted octanol–water partition coefficient (Wildman–Crippen LogP) is 1.16. The molecule has 0 saturated heterocycles. The Bertz CT molecular complexity index is 390. The molecule has 0 saturated carbocycles. The lowest BCUT2D eigenvalue weighted by molar-refractivity contribution is -0.135. The summed E-state index contributed by atoms with van der Waals surface area (Å²) in [6.07, 6.45) is 4.60. The van der Waals surface area contributed by atoms with Crippen LogP contribution in [0.15, 0.2) is 30.1 Å². The molecule has 4 heteroatoms. The van der Waals surface area contributed by atoms with Crippen molar-refractivity contribution in [3.63, 3.8) is 0 Å². The highest BCUT2D eigenvalue weighted by atomic mass is 16.5. The van der Waals surface area contributed by atoms with Crippen molar-refractivity contribution in [1.29, 1.82) is 5.26 Å². The molecule has 0 bridgehead atoms. The van der Waals surface area contributed by atoms with Gasteiger partial charge >= 0.3 is 5.97 Å². The lowest BCUT2D eigenvalue weighted by Gasteiger charge is -1.95. The van der Waals surface area contributed by atoms with Crippen molar-refractivity contribution in [3.05, 3.63) is 35.7 Å². The molecule has 0 radical (unpaired) electrons. The largest absolute Gasteiger partial charge is 0.465 e. The van der Waals surface area contributed by atoms with Crippen molar-refractivity contribution >= 4 is 12.0 Å². The monoisotopic (exact) mass is 188 g/mol. The fourth-order valence-electron chi connectivity index (χ4n) is 0.875. The highest BCUT2D eigenvalue weighted by molar-refractivity contribution is 5.97. The fourth-order valence-corrected chi connectivity index (χ4v) is 0.875. The fraction of sp³-hybridized carbons (Fsp3) is 0.100. The molecule has 0 aliphatic heterocycles. The van der Waals surface area contributed by atoms with Crippen LogP contribution < -0.4 is 0 Å². The first-order valence-corrected chi connectivity index (χ1v) is 3.88. The smallest absolute Gasteiger partial charge is 0.348 e. The molecule has 0 aliphatic rings. The number of hydrogen-bond donors (Lipinski definition) is 0. The van der Waals surface area contributed by atoms with E-state index in [1.807, 2.05) is 0 Å². The molecule has 1 aromatic rings. The average molecular weight is 188 g/mol. The van der Waals surface area contributed by atoms with Gasteiger partial charge in [0.1, 0.15) is 11.6 Å². The van der Waals surface area contributed by atoms with Crippen molar-refractivity contribution in [1.82, 2.24) is 4.98 Å². The molecule has 0 fully saturated rings. The Morgan fingerprint density at radius 2 is 2.50 bits per heavy atom. The van der Waals surface area contributed by atoms with Crippen molar-refractivity contribution in [2.24, 2.45) is 0 Å². The summed E-state index contributed by atoms with van der Waals surface area (Å²) in [5, 5.41) is 8.65. The third kappa shape index (κ3) is 2.42. The molecule has 1 aromatic heterocycles. The minimum atomic E-state index is -0.642. The number of esters is 1. The first-order valence-electron chi connectivity index (χ1n) is 3.88. The SMILES string of the molecule is COC(=O)C(C#N)=Cc1cccnc1. The molecule has 0 atom stereocenters. The van der Waals surface area contributed by atoms with Crippen LogP contribution in [-0.4, -0.2) is 18.1 Å². The van der Waals surface area contributed by atoms with Crippen LogP contribution in [0.3, 0.4) is 0 Å². The lowest BCUT2D eigenvalue weighted by atomic mass is 10.2. The van der Waals surface area contributed by atoms with E-state index in [4.69, 9.17) is 5.26 Å². The van der Waals surface area contributed by atoms with Crippen LogP contribution in [0.5, 0.6) is 0 Å². The van der Waals surface area contributed by atoms with Crippen LogP contribution in [0.2, 0.25) is 0 Å². The van der Waals surface area contributed by atoms with Crippen LogP contribution in [0.1, 0.15) is 5.56 Å². The second kappa shape index (κ2) is 4.77. The molecule has 70 valence electrons. The zero-order valence-electron chi connectivity index (χ0n) is 7.60. The maximum absolute atomic E-state index is 11.0. The van der Waals surface area contributed by atoms with E-state index in [-0.39, 0.29) is 5.57 Å². The molecule has 0 N–H and O–H groups in total. The number of nitrogens with zero attached hydrogens (tertiary/aromatic N) is 2. The Morgan fingerprint density at radius 1 is 1.71 bits per heavy atom. The van der Waals surface area contributed by atoms with Crippen LogP contribution >= 0.6 is 0 Å². The van der Waals surface area contributed by atoms with Crippen LogP contribution in [0.4, 0.5) is 0 Å². The normalized spacial score (nSPS) is 10.4. The van der Waals surface area contributed by atoms with Crippen LogP contribution in [0.25, 0.3) is 6.08 Å². The second-order valence-electron chi connectivity index (χ2n) is 2.45. The van der Waals surface area contributed by atoms with Crippen molar-refractivity contribution in [2.75, 3.05) is 7.11 Å². The molecule has 1 heterocycles. The van der Waals surface area contributed by atoms with E-state index >= 15 is 0 Å². The maximum Gasteiger partial charge on any atom is 0.348 e. The number of ether oxygens (including phenoxy) is 1. The van der Waals surface area contributed by atoms with Gasteiger partial charge in [-0.2, -0.15) is 5.26 Å². The van der Waals surface area contributed by atoms with Gasteiger partial charge < -0.3 is 4.74 Å². The van der Waals surface area contributed by atoms with Gasteiger partial charge in [-0.3, -0.25) is 4.98 Å². The number of rotatable bonds is 2. The zero-order chi connectivity index (χ0) is 10.4. The highest BCUT2D eigenvalue weighted by Gasteiger charge is 2.07. The number of methoxy groups -OCH3 is 1. The van der Waals surface area contributed by atoms with Gasteiger partial charge in [-0.1, -0.05) is 6.07 Å². The number of hydrogen-bond acceptors (Lipinski definition) is 4. The maximum atomic E-state index is 11.0. The van der Waals surface area contributed by atoms with Crippen LogP contribution in [0, 0.1) is 11.3 Å². The van der Waals surface area contributed by atoms with Gasteiger partial charge in [0.05, 0.1) is 7.11 Å². The first-order chi connectivity index (χ1) is 6.77. The van der Waals surface area contributed by atoms with Gasteiger partial charge in [0, 0.05) is 12.4 Å². The summed E-state index contributed by atoms with van der Waals surface area (Å²) in [7, 11) is 1.23. The second-order valence-corrected chi connectivity index (χ2v) is 2.45. The number of aromatic nitrogens is 1. The van der Waals surface area contributed by atoms with Crippen molar-refractivity contribution in [2.45, 2.75) is 0 Å². The summed E-state index contributed by atoms with van der Waals surface area (Å²) in [4.78, 5) is 14.9. The van der Waals surface area contributed by atoms with Crippen LogP contribution in [-0.2, 0) is 9.53 Å². The van der Waals surface area contributed by atoms with E-state index in [1.54, 1.807) is 30.6 Å². The number of pyridine rings is 1. The zero-order valence-corrected chi connectivity index (χ0v) is 7.60. The molecular formula is C10H8N2O2. The predicted molar refractivity (Wildman–Crippen MR) is 49.8 cm³/mol. The summed E-state index contributed by atoms with van der Waals surface area (Å²) in [5.74, 6) is -0.642. The quantitative estimate of drug-likeness (QED) is 0.397. The lowest BCUT2D eigenvalue weighted by Crippen LogP contribution is -2.02. The molecule has 0 amide bonds. The summed E-state index contributed by atoms with van der Waals surface area (Å²) >= 11 is 0. The molecule has 0 aliphatic carbocycles. The van der Waals surface area contributed by atoms with Gasteiger partial charge in [-0.25, -0.2) is 4.79 Å². The molecule has 4 nitrogen and oxygen atoms in total. The Morgan fingerprint density at radius 3 is 3.00 bits per heavy atom. The third-order valence-electron chi connectivity index (χ3n) is 1.52. The Labute approximate surface area is 81.5 Å². The molecule has 14 heavy (non-hydrogen) atoms. The molecule has 0 aromatic carbocycles. The Hall–Kier alpha value is -2.15. The minimum absolute atomic E-state index is 0.0412. The van der Waals surface area contributed by atoms with E-state index < -0.39 is 5.97 Å². The summed E-state index contributed by atoms with van der Waals surface area (Å²) in [6, 6.07) is 5.22. The van der Waals surface area contributed by atoms with Gasteiger partial charge in [-0.05, 0) is 17.7 Å². The summed E-state index contributed by atoms with van der Waals surface area (Å²) < 4.78 is 4.43. The average Bonchev–Trinajstić information content (AvgIpc) is 2.26. The van der Waals surface area contributed by atoms with Gasteiger partial charge in [0.15, 0.2) is 0 Å². The van der Waals surface area contributed by atoms with Gasteiger partial charge in [-0.15, -0.1) is 0 Å². The summed E-state index contributed by atoms with van der Waals surface area (Å²) in [6.45, 7) is 0. The van der Waals surface area contributed by atoms with E-state index in [0.717, 1.165) is 0 Å². The molecule has 0 spiro atoms. The summed E-state index contributed by atoms with van der Waals surface area (Å²) in [5.41, 5.74) is 0.648. The molecular weight excluding hydrogens is 180 g/mol. The van der Waals surface area contributed by atoms with Gasteiger partial charge in [0.2, 0.25) is 0 Å². The van der Waals surface area contributed by atoms with E-state index in [9.17, 15) is 4.79 Å². The first kappa shape index (κ1) is 9.93. The number of carbonyl (C=O) groups is 1. The highest BCUT2D eigenvalue weighted by Crippen LogP contribution is 2.05. The van der Waals surface area contributed by atoms with Crippen molar-refractivity contribution < 1.29 is 9.53 Å². The van der Waals surface area contributed by atoms with E-state index in [2.05, 4.69) is 9.72 Å². The Balaban J connectivity index is 2.97. The molecule has 0 unspecified atom stereocenters. The van der Waals surface area contributed by atoms with E-state index in [1.165, 1.54) is 13.2 Å². The number of nitriles is 1. The van der Waals surface area contributed by atoms with E-state index in [0.29, 0.717) is 5.56 Å². The molecule has 1 rings (SSSR count). The number of carbonyl (C=O) groups excluding carboxylic acids is 1.